The quantitative estimate of drug-likeness (QED) is 0.927. The summed E-state index contributed by atoms with van der Waals surface area (Å²) in [6.07, 6.45) is 4.33. The lowest BCUT2D eigenvalue weighted by atomic mass is 10.4. The van der Waals surface area contributed by atoms with Gasteiger partial charge in [-0.05, 0) is 47.9 Å². The fourth-order valence-electron chi connectivity index (χ4n) is 1.88. The van der Waals surface area contributed by atoms with E-state index in [-0.39, 0.29) is 0 Å². The van der Waals surface area contributed by atoms with Crippen LogP contribution in [0.5, 0.6) is 0 Å². The molecule has 2 rings (SSSR count). The molecule has 0 aliphatic carbocycles. The molecule has 0 radical (unpaired) electrons. The van der Waals surface area contributed by atoms with Gasteiger partial charge in [-0.15, -0.1) is 0 Å². The summed E-state index contributed by atoms with van der Waals surface area (Å²) in [7, 11) is 0. The van der Waals surface area contributed by atoms with Crippen LogP contribution in [0.15, 0.2) is 16.7 Å². The Balaban J connectivity index is 1.80. The fraction of sp³-hybridized carbons (Fsp3) is 0.545. The highest BCUT2D eigenvalue weighted by atomic mass is 79.9. The van der Waals surface area contributed by atoms with Crippen LogP contribution in [-0.2, 0) is 0 Å². The Morgan fingerprint density at radius 2 is 2.19 bits per heavy atom. The van der Waals surface area contributed by atoms with E-state index in [1.165, 1.54) is 25.9 Å². The Kier molecular flexibility index (Phi) is 4.44. The predicted molar refractivity (Wildman–Crippen MR) is 71.1 cm³/mol. The van der Waals surface area contributed by atoms with Gasteiger partial charge in [0.25, 0.3) is 0 Å². The first kappa shape index (κ1) is 12.1. The Bertz CT molecular complexity index is 353. The van der Waals surface area contributed by atoms with Crippen molar-refractivity contribution in [2.24, 2.45) is 0 Å². The van der Waals surface area contributed by atoms with E-state index in [4.69, 9.17) is 11.6 Å². The Morgan fingerprint density at radius 1 is 1.44 bits per heavy atom. The lowest BCUT2D eigenvalue weighted by Gasteiger charge is -2.15. The topological polar surface area (TPSA) is 28.2 Å². The molecular formula is C11H15BrClN3. The van der Waals surface area contributed by atoms with E-state index in [9.17, 15) is 0 Å². The number of hydrogen-bond acceptors (Lipinski definition) is 3. The molecule has 1 saturated heterocycles. The number of halogens is 2. The van der Waals surface area contributed by atoms with Crippen molar-refractivity contribution in [1.29, 1.82) is 0 Å². The number of pyridine rings is 1. The molecule has 88 valence electrons. The third-order valence-electron chi connectivity index (χ3n) is 2.73. The van der Waals surface area contributed by atoms with Crippen molar-refractivity contribution in [3.8, 4) is 0 Å². The fourth-order valence-corrected chi connectivity index (χ4v) is 2.66. The molecule has 1 fully saturated rings. The van der Waals surface area contributed by atoms with Crippen LogP contribution in [0.3, 0.4) is 0 Å². The van der Waals surface area contributed by atoms with Gasteiger partial charge in [0.1, 0.15) is 5.82 Å². The van der Waals surface area contributed by atoms with Gasteiger partial charge in [0, 0.05) is 19.3 Å². The van der Waals surface area contributed by atoms with Gasteiger partial charge in [0.15, 0.2) is 0 Å². The zero-order valence-corrected chi connectivity index (χ0v) is 11.4. The number of nitrogens with zero attached hydrogens (tertiary/aromatic N) is 2. The second-order valence-electron chi connectivity index (χ2n) is 3.96. The Labute approximate surface area is 109 Å². The highest BCUT2D eigenvalue weighted by Gasteiger charge is 2.10. The van der Waals surface area contributed by atoms with Crippen molar-refractivity contribution < 1.29 is 0 Å². The molecule has 0 amide bonds. The highest BCUT2D eigenvalue weighted by molar-refractivity contribution is 9.10. The van der Waals surface area contributed by atoms with Crippen LogP contribution >= 0.6 is 27.5 Å². The van der Waals surface area contributed by atoms with Gasteiger partial charge in [-0.1, -0.05) is 11.6 Å². The summed E-state index contributed by atoms with van der Waals surface area (Å²) in [6.45, 7) is 4.47. The first-order valence-corrected chi connectivity index (χ1v) is 6.70. The van der Waals surface area contributed by atoms with E-state index in [1.807, 2.05) is 6.07 Å². The number of hydrogen-bond donors (Lipinski definition) is 1. The summed E-state index contributed by atoms with van der Waals surface area (Å²) in [5, 5.41) is 3.96. The smallest absolute Gasteiger partial charge is 0.140 e. The van der Waals surface area contributed by atoms with Crippen molar-refractivity contribution in [2.45, 2.75) is 12.8 Å². The zero-order valence-electron chi connectivity index (χ0n) is 9.05. The summed E-state index contributed by atoms with van der Waals surface area (Å²) in [5.41, 5.74) is 0. The maximum Gasteiger partial charge on any atom is 0.140 e. The van der Waals surface area contributed by atoms with Crippen LogP contribution in [0, 0.1) is 0 Å². The SMILES string of the molecule is Clc1cnc(NCCN2CCCC2)c(Br)c1. The lowest BCUT2D eigenvalue weighted by Crippen LogP contribution is -2.26. The number of nitrogens with one attached hydrogen (secondary N) is 1. The third-order valence-corrected chi connectivity index (χ3v) is 3.54. The van der Waals surface area contributed by atoms with Gasteiger partial charge in [-0.2, -0.15) is 0 Å². The molecule has 1 N–H and O–H groups in total. The first-order chi connectivity index (χ1) is 7.75. The molecule has 3 nitrogen and oxygen atoms in total. The summed E-state index contributed by atoms with van der Waals surface area (Å²) in [4.78, 5) is 6.70. The molecule has 0 saturated carbocycles. The van der Waals surface area contributed by atoms with E-state index in [0.717, 1.165) is 23.4 Å². The second-order valence-corrected chi connectivity index (χ2v) is 5.25. The molecule has 0 aromatic carbocycles. The predicted octanol–water partition coefficient (Wildman–Crippen LogP) is 3.01. The summed E-state index contributed by atoms with van der Waals surface area (Å²) in [5.74, 6) is 0.864. The van der Waals surface area contributed by atoms with Crippen molar-refractivity contribution in [1.82, 2.24) is 9.88 Å². The Morgan fingerprint density at radius 3 is 2.88 bits per heavy atom. The van der Waals surface area contributed by atoms with Gasteiger partial charge in [0.05, 0.1) is 9.50 Å². The van der Waals surface area contributed by atoms with Crippen molar-refractivity contribution in [3.05, 3.63) is 21.8 Å². The number of aromatic nitrogens is 1. The molecule has 0 bridgehead atoms. The summed E-state index contributed by atoms with van der Waals surface area (Å²) < 4.78 is 0.918. The van der Waals surface area contributed by atoms with E-state index in [0.29, 0.717) is 5.02 Å². The molecule has 0 unspecified atom stereocenters. The van der Waals surface area contributed by atoms with Crippen LogP contribution in [0.2, 0.25) is 5.02 Å². The van der Waals surface area contributed by atoms with Gasteiger partial charge < -0.3 is 10.2 Å². The third kappa shape index (κ3) is 3.34. The standard InChI is InChI=1S/C11H15BrClN3/c12-10-7-9(13)8-15-11(10)14-3-6-16-4-1-2-5-16/h7-8H,1-6H2,(H,14,15). The van der Waals surface area contributed by atoms with Crippen LogP contribution in [-0.4, -0.2) is 36.1 Å². The van der Waals surface area contributed by atoms with Gasteiger partial charge in [-0.3, -0.25) is 0 Å². The van der Waals surface area contributed by atoms with Gasteiger partial charge in [0.2, 0.25) is 0 Å². The summed E-state index contributed by atoms with van der Waals surface area (Å²) >= 11 is 9.26. The number of likely N-dealkylation sites (tertiary alicyclic amines) is 1. The number of rotatable bonds is 4. The summed E-state index contributed by atoms with van der Waals surface area (Å²) in [6, 6.07) is 1.85. The van der Waals surface area contributed by atoms with Crippen LogP contribution in [0.1, 0.15) is 12.8 Å². The molecule has 16 heavy (non-hydrogen) atoms. The van der Waals surface area contributed by atoms with Gasteiger partial charge in [-0.25, -0.2) is 4.98 Å². The van der Waals surface area contributed by atoms with E-state index in [1.54, 1.807) is 6.20 Å². The molecule has 5 heteroatoms. The minimum absolute atomic E-state index is 0.650. The lowest BCUT2D eigenvalue weighted by molar-refractivity contribution is 0.352. The number of anilines is 1. The normalized spacial score (nSPS) is 16.6. The molecule has 0 spiro atoms. The molecular weight excluding hydrogens is 289 g/mol. The maximum absolute atomic E-state index is 5.83. The minimum Gasteiger partial charge on any atom is -0.368 e. The average Bonchev–Trinajstić information content (AvgIpc) is 2.74. The molecule has 1 aliphatic heterocycles. The molecule has 1 aliphatic rings. The molecule has 1 aromatic heterocycles. The average molecular weight is 305 g/mol. The van der Waals surface area contributed by atoms with E-state index < -0.39 is 0 Å². The first-order valence-electron chi connectivity index (χ1n) is 5.53. The van der Waals surface area contributed by atoms with E-state index >= 15 is 0 Å². The Hall–Kier alpha value is -0.320. The molecule has 2 heterocycles. The van der Waals surface area contributed by atoms with Crippen molar-refractivity contribution in [3.63, 3.8) is 0 Å². The monoisotopic (exact) mass is 303 g/mol. The van der Waals surface area contributed by atoms with Crippen molar-refractivity contribution >= 4 is 33.3 Å². The van der Waals surface area contributed by atoms with Crippen LogP contribution < -0.4 is 5.32 Å². The van der Waals surface area contributed by atoms with Gasteiger partial charge >= 0.3 is 0 Å². The van der Waals surface area contributed by atoms with Crippen LogP contribution in [0.4, 0.5) is 5.82 Å². The second kappa shape index (κ2) is 5.84. The maximum atomic E-state index is 5.83. The zero-order chi connectivity index (χ0) is 11.4. The van der Waals surface area contributed by atoms with E-state index in [2.05, 4.69) is 31.1 Å². The van der Waals surface area contributed by atoms with Crippen LogP contribution in [0.25, 0.3) is 0 Å². The largest absolute Gasteiger partial charge is 0.368 e. The molecule has 1 aromatic rings. The molecule has 0 atom stereocenters. The highest BCUT2D eigenvalue weighted by Crippen LogP contribution is 2.22. The minimum atomic E-state index is 0.650. The van der Waals surface area contributed by atoms with Crippen molar-refractivity contribution in [2.75, 3.05) is 31.5 Å².